The van der Waals surface area contributed by atoms with Crippen molar-refractivity contribution < 1.29 is 14.4 Å². The van der Waals surface area contributed by atoms with Crippen molar-refractivity contribution in [3.8, 4) is 17.6 Å². The van der Waals surface area contributed by atoms with E-state index in [1.165, 1.54) is 12.1 Å². The van der Waals surface area contributed by atoms with Gasteiger partial charge in [0.15, 0.2) is 11.5 Å². The lowest BCUT2D eigenvalue weighted by atomic mass is 10.0. The summed E-state index contributed by atoms with van der Waals surface area (Å²) in [5.74, 6) is 1.52. The molecule has 1 aromatic heterocycles. The van der Waals surface area contributed by atoms with Crippen LogP contribution >= 0.6 is 0 Å². The molecular weight excluding hydrogens is 468 g/mol. The van der Waals surface area contributed by atoms with Gasteiger partial charge in [0.25, 0.3) is 5.69 Å². The van der Waals surface area contributed by atoms with E-state index in [0.29, 0.717) is 41.5 Å². The molecule has 0 unspecified atom stereocenters. The maximum Gasteiger partial charge on any atom is 0.269 e. The fourth-order valence-corrected chi connectivity index (χ4v) is 3.99. The van der Waals surface area contributed by atoms with Gasteiger partial charge in [0, 0.05) is 17.7 Å². The van der Waals surface area contributed by atoms with Gasteiger partial charge in [-0.2, -0.15) is 5.26 Å². The second-order valence-electron chi connectivity index (χ2n) is 8.42. The van der Waals surface area contributed by atoms with Crippen LogP contribution in [0.5, 0.6) is 11.5 Å². The highest BCUT2D eigenvalue weighted by Crippen LogP contribution is 2.36. The number of rotatable bonds is 10. The Hall–Kier alpha value is -4.90. The summed E-state index contributed by atoms with van der Waals surface area (Å²) in [5, 5.41) is 21.0. The van der Waals surface area contributed by atoms with Crippen LogP contribution < -0.4 is 9.47 Å². The molecule has 0 fully saturated rings. The van der Waals surface area contributed by atoms with Crippen molar-refractivity contribution in [2.24, 2.45) is 0 Å². The fraction of sp³-hybridized carbons (Fsp3) is 0.172. The molecule has 1 heterocycles. The lowest BCUT2D eigenvalue weighted by Crippen LogP contribution is -2.04. The standard InChI is InChI=1S/C29H26N4O4/c1-4-7-22-13-21(14-23(17-30)29-31-25-11-10-19(3)12-26(25)32-29)16-27(36-5-2)28(22)37-18-20-8-6-9-24(15-20)33(34)35/h4,6,8-16H,1,5,7,18H2,2-3H3,(H,31,32)/b23-14-. The molecule has 0 aliphatic rings. The fourth-order valence-electron chi connectivity index (χ4n) is 3.99. The molecule has 0 saturated carbocycles. The van der Waals surface area contributed by atoms with E-state index in [0.717, 1.165) is 27.7 Å². The van der Waals surface area contributed by atoms with Gasteiger partial charge in [-0.25, -0.2) is 4.98 Å². The van der Waals surface area contributed by atoms with Crippen LogP contribution in [0.15, 0.2) is 67.3 Å². The van der Waals surface area contributed by atoms with Crippen LogP contribution in [0.25, 0.3) is 22.7 Å². The third-order valence-corrected chi connectivity index (χ3v) is 5.65. The topological polar surface area (TPSA) is 114 Å². The van der Waals surface area contributed by atoms with Crippen LogP contribution in [0.4, 0.5) is 5.69 Å². The number of aryl methyl sites for hydroxylation is 1. The van der Waals surface area contributed by atoms with Crippen molar-refractivity contribution in [2.45, 2.75) is 26.9 Å². The van der Waals surface area contributed by atoms with Crippen LogP contribution in [-0.2, 0) is 13.0 Å². The summed E-state index contributed by atoms with van der Waals surface area (Å²) in [7, 11) is 0. The van der Waals surface area contributed by atoms with Crippen LogP contribution in [0, 0.1) is 28.4 Å². The summed E-state index contributed by atoms with van der Waals surface area (Å²) in [6.45, 7) is 8.26. The van der Waals surface area contributed by atoms with Crippen molar-refractivity contribution in [1.29, 1.82) is 5.26 Å². The number of ether oxygens (including phenoxy) is 2. The second kappa shape index (κ2) is 11.2. The van der Waals surface area contributed by atoms with E-state index in [1.807, 2.05) is 44.2 Å². The Bertz CT molecular complexity index is 1550. The molecule has 0 spiro atoms. The largest absolute Gasteiger partial charge is 0.490 e. The Kier molecular flexibility index (Phi) is 7.65. The number of aromatic nitrogens is 2. The number of hydrogen-bond acceptors (Lipinski definition) is 6. The number of non-ortho nitro benzene ring substituents is 1. The van der Waals surface area contributed by atoms with E-state index in [-0.39, 0.29) is 12.3 Å². The normalized spacial score (nSPS) is 11.2. The number of H-pyrrole nitrogens is 1. The first-order valence-corrected chi connectivity index (χ1v) is 11.8. The number of aromatic amines is 1. The first kappa shape index (κ1) is 25.2. The predicted molar refractivity (Wildman–Crippen MR) is 143 cm³/mol. The Morgan fingerprint density at radius 1 is 1.22 bits per heavy atom. The summed E-state index contributed by atoms with van der Waals surface area (Å²) in [6, 6.07) is 18.2. The van der Waals surface area contributed by atoms with Gasteiger partial charge in [-0.1, -0.05) is 24.3 Å². The number of nitro groups is 1. The molecule has 37 heavy (non-hydrogen) atoms. The monoisotopic (exact) mass is 494 g/mol. The van der Waals surface area contributed by atoms with E-state index in [4.69, 9.17) is 9.47 Å². The van der Waals surface area contributed by atoms with Gasteiger partial charge in [0.05, 0.1) is 28.1 Å². The third-order valence-electron chi connectivity index (χ3n) is 5.65. The number of allylic oxidation sites excluding steroid dienone is 2. The number of nitro benzene ring substituents is 1. The summed E-state index contributed by atoms with van der Waals surface area (Å²) >= 11 is 0. The van der Waals surface area contributed by atoms with E-state index >= 15 is 0 Å². The first-order chi connectivity index (χ1) is 17.9. The van der Waals surface area contributed by atoms with Crippen molar-refractivity contribution in [3.63, 3.8) is 0 Å². The number of nitrogens with one attached hydrogen (secondary N) is 1. The van der Waals surface area contributed by atoms with Crippen LogP contribution in [0.1, 0.15) is 35.0 Å². The maximum atomic E-state index is 11.1. The molecule has 186 valence electrons. The van der Waals surface area contributed by atoms with Crippen molar-refractivity contribution >= 4 is 28.4 Å². The molecule has 0 aliphatic heterocycles. The average Bonchev–Trinajstić information content (AvgIpc) is 3.30. The molecule has 0 saturated heterocycles. The Balaban J connectivity index is 1.71. The molecule has 4 aromatic rings. The summed E-state index contributed by atoms with van der Waals surface area (Å²) in [5.41, 5.74) is 5.36. The molecule has 3 aromatic carbocycles. The SMILES string of the molecule is C=CCc1cc(/C=C(/C#N)c2nc3ccc(C)cc3[nH]2)cc(OCC)c1OCc1cccc([N+](=O)[O-])c1. The van der Waals surface area contributed by atoms with E-state index < -0.39 is 4.92 Å². The molecule has 1 N–H and O–H groups in total. The van der Waals surface area contributed by atoms with E-state index in [9.17, 15) is 15.4 Å². The quantitative estimate of drug-likeness (QED) is 0.116. The van der Waals surface area contributed by atoms with Gasteiger partial charge >= 0.3 is 0 Å². The van der Waals surface area contributed by atoms with Crippen molar-refractivity contribution in [1.82, 2.24) is 9.97 Å². The van der Waals surface area contributed by atoms with Gasteiger partial charge in [-0.05, 0) is 67.3 Å². The Labute approximate surface area is 214 Å². The zero-order valence-corrected chi connectivity index (χ0v) is 20.7. The minimum Gasteiger partial charge on any atom is -0.490 e. The van der Waals surface area contributed by atoms with Crippen LogP contribution in [-0.4, -0.2) is 21.5 Å². The number of nitriles is 1. The zero-order valence-electron chi connectivity index (χ0n) is 20.7. The summed E-state index contributed by atoms with van der Waals surface area (Å²) in [4.78, 5) is 18.5. The van der Waals surface area contributed by atoms with Gasteiger partial charge in [-0.3, -0.25) is 10.1 Å². The Morgan fingerprint density at radius 2 is 2.05 bits per heavy atom. The van der Waals surface area contributed by atoms with Crippen LogP contribution in [0.2, 0.25) is 0 Å². The molecule has 8 heteroatoms. The van der Waals surface area contributed by atoms with Gasteiger partial charge in [0.2, 0.25) is 0 Å². The van der Waals surface area contributed by atoms with E-state index in [1.54, 1.807) is 24.3 Å². The number of fused-ring (bicyclic) bond motifs is 1. The molecule has 4 rings (SSSR count). The van der Waals surface area contributed by atoms with E-state index in [2.05, 4.69) is 22.6 Å². The molecule has 0 radical (unpaired) electrons. The third kappa shape index (κ3) is 5.85. The van der Waals surface area contributed by atoms with Gasteiger partial charge < -0.3 is 14.5 Å². The van der Waals surface area contributed by atoms with Crippen LogP contribution in [0.3, 0.4) is 0 Å². The predicted octanol–water partition coefficient (Wildman–Crippen LogP) is 6.55. The molecule has 0 atom stereocenters. The highest BCUT2D eigenvalue weighted by Gasteiger charge is 2.16. The molecular formula is C29H26N4O4. The van der Waals surface area contributed by atoms with Crippen molar-refractivity contribution in [2.75, 3.05) is 6.61 Å². The summed E-state index contributed by atoms with van der Waals surface area (Å²) in [6.07, 6.45) is 4.01. The minimum atomic E-state index is -0.435. The maximum absolute atomic E-state index is 11.1. The van der Waals surface area contributed by atoms with Gasteiger partial charge in [0.1, 0.15) is 18.5 Å². The average molecular weight is 495 g/mol. The first-order valence-electron chi connectivity index (χ1n) is 11.8. The highest BCUT2D eigenvalue weighted by atomic mass is 16.6. The molecule has 0 bridgehead atoms. The Morgan fingerprint density at radius 3 is 2.78 bits per heavy atom. The van der Waals surface area contributed by atoms with Crippen molar-refractivity contribution in [3.05, 3.63) is 105 Å². The highest BCUT2D eigenvalue weighted by molar-refractivity contribution is 5.90. The molecule has 8 nitrogen and oxygen atoms in total. The molecule has 0 aliphatic carbocycles. The number of hydrogen-bond donors (Lipinski definition) is 1. The van der Waals surface area contributed by atoms with Gasteiger partial charge in [-0.15, -0.1) is 6.58 Å². The second-order valence-corrected chi connectivity index (χ2v) is 8.42. The molecule has 0 amide bonds. The minimum absolute atomic E-state index is 0.00251. The zero-order chi connectivity index (χ0) is 26.4. The smallest absolute Gasteiger partial charge is 0.269 e. The lowest BCUT2D eigenvalue weighted by Gasteiger charge is -2.17. The number of imidazole rings is 1. The summed E-state index contributed by atoms with van der Waals surface area (Å²) < 4.78 is 12.0. The lowest BCUT2D eigenvalue weighted by molar-refractivity contribution is -0.384. The number of benzene rings is 3. The number of nitrogens with zero attached hydrogens (tertiary/aromatic N) is 3.